The van der Waals surface area contributed by atoms with E-state index in [0.29, 0.717) is 5.65 Å². The highest BCUT2D eigenvalue weighted by atomic mass is 16.5. The smallest absolute Gasteiger partial charge is 0.358 e. The molecule has 3 rings (SSSR count). The third-order valence-electron chi connectivity index (χ3n) is 2.27. The van der Waals surface area contributed by atoms with E-state index in [9.17, 15) is 4.79 Å². The lowest BCUT2D eigenvalue weighted by atomic mass is 10.3. The summed E-state index contributed by atoms with van der Waals surface area (Å²) in [5.41, 5.74) is 0.186. The second kappa shape index (κ2) is 4.29. The van der Waals surface area contributed by atoms with Crippen LogP contribution in [0.3, 0.4) is 0 Å². The van der Waals surface area contributed by atoms with Crippen molar-refractivity contribution >= 4 is 11.6 Å². The molecule has 0 saturated heterocycles. The van der Waals surface area contributed by atoms with Gasteiger partial charge in [-0.15, -0.1) is 5.10 Å². The van der Waals surface area contributed by atoms with E-state index < -0.39 is 5.97 Å². The molecule has 0 aromatic carbocycles. The fourth-order valence-electron chi connectivity index (χ4n) is 1.47. The molecule has 1 N–H and O–H groups in total. The van der Waals surface area contributed by atoms with E-state index >= 15 is 0 Å². The molecule has 0 amide bonds. The fourth-order valence-corrected chi connectivity index (χ4v) is 1.47. The number of pyridine rings is 1. The van der Waals surface area contributed by atoms with Gasteiger partial charge >= 0.3 is 5.97 Å². The fraction of sp³-hybridized carbons (Fsp3) is 0. The Morgan fingerprint density at radius 3 is 3.11 bits per heavy atom. The Morgan fingerprint density at radius 1 is 1.37 bits per heavy atom. The number of hydrogen-bond acceptors (Lipinski definition) is 7. The first-order chi connectivity index (χ1) is 9.25. The molecule has 94 valence electrons. The topological polar surface area (TPSA) is 115 Å². The summed E-state index contributed by atoms with van der Waals surface area (Å²) in [5, 5.41) is 19.9. The van der Waals surface area contributed by atoms with Gasteiger partial charge in [0.1, 0.15) is 0 Å². The number of carboxylic acids is 1. The van der Waals surface area contributed by atoms with Gasteiger partial charge in [-0.2, -0.15) is 4.52 Å². The van der Waals surface area contributed by atoms with Crippen molar-refractivity contribution in [3.8, 4) is 11.6 Å². The molecule has 0 radical (unpaired) electrons. The largest absolute Gasteiger partial charge is 0.476 e. The van der Waals surface area contributed by atoms with Crippen LogP contribution in [0.5, 0.6) is 11.6 Å². The standard InChI is InChI=1S/C10H6N6O3/c17-10(18)9-6(2-1-3-12-9)19-8-5-11-4-7-13-14-15-16(7)8/h1-5H,(H,17,18). The number of carbonyl (C=O) groups is 1. The summed E-state index contributed by atoms with van der Waals surface area (Å²) in [6.45, 7) is 0. The average Bonchev–Trinajstić information content (AvgIpc) is 2.88. The summed E-state index contributed by atoms with van der Waals surface area (Å²) in [6, 6.07) is 3.05. The van der Waals surface area contributed by atoms with Crippen LogP contribution in [0, 0.1) is 0 Å². The van der Waals surface area contributed by atoms with Crippen molar-refractivity contribution in [2.24, 2.45) is 0 Å². The number of aromatic nitrogens is 6. The van der Waals surface area contributed by atoms with Gasteiger partial charge in [0.05, 0.1) is 12.4 Å². The molecule has 3 aromatic rings. The lowest BCUT2D eigenvalue weighted by Crippen LogP contribution is -2.04. The van der Waals surface area contributed by atoms with Crippen molar-refractivity contribution in [3.63, 3.8) is 0 Å². The molecule has 3 heterocycles. The molecule has 0 bridgehead atoms. The zero-order chi connectivity index (χ0) is 13.2. The maximum absolute atomic E-state index is 11.0. The molecule has 3 aromatic heterocycles. The Bertz CT molecular complexity index is 756. The SMILES string of the molecule is O=C(O)c1ncccc1Oc1cncc2nnnn12. The van der Waals surface area contributed by atoms with E-state index in [-0.39, 0.29) is 17.3 Å². The zero-order valence-corrected chi connectivity index (χ0v) is 9.33. The average molecular weight is 258 g/mol. The van der Waals surface area contributed by atoms with Gasteiger partial charge in [-0.25, -0.2) is 9.78 Å². The molecule has 0 saturated carbocycles. The first-order valence-electron chi connectivity index (χ1n) is 5.14. The van der Waals surface area contributed by atoms with Crippen LogP contribution in [0.15, 0.2) is 30.7 Å². The van der Waals surface area contributed by atoms with Crippen LogP contribution in [0.4, 0.5) is 0 Å². The number of tetrazole rings is 1. The second-order valence-electron chi connectivity index (χ2n) is 3.45. The molecule has 9 nitrogen and oxygen atoms in total. The molecule has 0 aliphatic rings. The second-order valence-corrected chi connectivity index (χ2v) is 3.45. The van der Waals surface area contributed by atoms with Crippen LogP contribution in [0.2, 0.25) is 0 Å². The lowest BCUT2D eigenvalue weighted by Gasteiger charge is -2.07. The van der Waals surface area contributed by atoms with Gasteiger partial charge in [0.25, 0.3) is 0 Å². The highest BCUT2D eigenvalue weighted by molar-refractivity contribution is 5.88. The minimum Gasteiger partial charge on any atom is -0.476 e. The molecule has 0 fully saturated rings. The summed E-state index contributed by atoms with van der Waals surface area (Å²) in [5.74, 6) is -0.912. The van der Waals surface area contributed by atoms with Crippen molar-refractivity contribution in [1.29, 1.82) is 0 Å². The summed E-state index contributed by atoms with van der Waals surface area (Å²) < 4.78 is 6.75. The van der Waals surface area contributed by atoms with Gasteiger partial charge in [-0.05, 0) is 22.6 Å². The molecule has 0 aliphatic heterocycles. The molecule has 19 heavy (non-hydrogen) atoms. The van der Waals surface area contributed by atoms with Crippen LogP contribution in [0.1, 0.15) is 10.5 Å². The maximum atomic E-state index is 11.0. The molecule has 0 atom stereocenters. The molecule has 9 heteroatoms. The Kier molecular flexibility index (Phi) is 2.49. The predicted octanol–water partition coefficient (Wildman–Crippen LogP) is 0.405. The Hall–Kier alpha value is -3.10. The quantitative estimate of drug-likeness (QED) is 0.717. The van der Waals surface area contributed by atoms with Crippen molar-refractivity contribution in [3.05, 3.63) is 36.4 Å². The van der Waals surface area contributed by atoms with Crippen LogP contribution < -0.4 is 4.74 Å². The van der Waals surface area contributed by atoms with Crippen LogP contribution in [0.25, 0.3) is 5.65 Å². The van der Waals surface area contributed by atoms with Crippen LogP contribution in [-0.4, -0.2) is 41.1 Å². The van der Waals surface area contributed by atoms with Crippen molar-refractivity contribution in [2.45, 2.75) is 0 Å². The van der Waals surface area contributed by atoms with Gasteiger partial charge < -0.3 is 9.84 Å². The number of carboxylic acid groups (broad SMARTS) is 1. The van der Waals surface area contributed by atoms with E-state index in [0.717, 1.165) is 0 Å². The monoisotopic (exact) mass is 258 g/mol. The normalized spacial score (nSPS) is 10.5. The highest BCUT2D eigenvalue weighted by Gasteiger charge is 2.15. The highest BCUT2D eigenvalue weighted by Crippen LogP contribution is 2.22. The Labute approximate surface area is 105 Å². The van der Waals surface area contributed by atoms with Crippen LogP contribution in [-0.2, 0) is 0 Å². The van der Waals surface area contributed by atoms with Gasteiger partial charge in [0.15, 0.2) is 11.4 Å². The third-order valence-corrected chi connectivity index (χ3v) is 2.27. The number of fused-ring (bicyclic) bond motifs is 1. The number of hydrogen-bond donors (Lipinski definition) is 1. The van der Waals surface area contributed by atoms with E-state index in [1.54, 1.807) is 6.07 Å². The zero-order valence-electron chi connectivity index (χ0n) is 9.33. The number of ether oxygens (including phenoxy) is 1. The van der Waals surface area contributed by atoms with Crippen molar-refractivity contribution in [1.82, 2.24) is 30.0 Å². The molecule has 0 aliphatic carbocycles. The third kappa shape index (κ3) is 1.92. The number of rotatable bonds is 3. The molecule has 0 spiro atoms. The predicted molar refractivity (Wildman–Crippen MR) is 59.8 cm³/mol. The van der Waals surface area contributed by atoms with Crippen molar-refractivity contribution in [2.75, 3.05) is 0 Å². The lowest BCUT2D eigenvalue weighted by molar-refractivity contribution is 0.0687. The summed E-state index contributed by atoms with van der Waals surface area (Å²) in [4.78, 5) is 18.7. The van der Waals surface area contributed by atoms with E-state index in [1.165, 1.54) is 29.2 Å². The molecular formula is C10H6N6O3. The minimum atomic E-state index is -1.19. The first kappa shape index (κ1) is 11.0. The van der Waals surface area contributed by atoms with Crippen LogP contribution >= 0.6 is 0 Å². The minimum absolute atomic E-state index is 0.0831. The summed E-state index contributed by atoms with van der Waals surface area (Å²) in [6.07, 6.45) is 4.20. The van der Waals surface area contributed by atoms with E-state index in [2.05, 4.69) is 25.5 Å². The van der Waals surface area contributed by atoms with E-state index in [1.807, 2.05) is 0 Å². The van der Waals surface area contributed by atoms with Gasteiger partial charge in [0.2, 0.25) is 11.5 Å². The number of nitrogens with zero attached hydrogens (tertiary/aromatic N) is 6. The first-order valence-corrected chi connectivity index (χ1v) is 5.14. The van der Waals surface area contributed by atoms with Gasteiger partial charge in [-0.1, -0.05) is 0 Å². The number of aromatic carboxylic acids is 1. The Balaban J connectivity index is 2.06. The van der Waals surface area contributed by atoms with Crippen molar-refractivity contribution < 1.29 is 14.6 Å². The summed E-state index contributed by atoms with van der Waals surface area (Å²) >= 11 is 0. The summed E-state index contributed by atoms with van der Waals surface area (Å²) in [7, 11) is 0. The molecule has 0 unspecified atom stereocenters. The van der Waals surface area contributed by atoms with Gasteiger partial charge in [0, 0.05) is 6.20 Å². The van der Waals surface area contributed by atoms with E-state index in [4.69, 9.17) is 9.84 Å². The van der Waals surface area contributed by atoms with Gasteiger partial charge in [-0.3, -0.25) is 4.98 Å². The molecular weight excluding hydrogens is 252 g/mol. The maximum Gasteiger partial charge on any atom is 0.358 e. The Morgan fingerprint density at radius 2 is 2.26 bits per heavy atom.